The van der Waals surface area contributed by atoms with Gasteiger partial charge in [-0.3, -0.25) is 9.36 Å². The highest BCUT2D eigenvalue weighted by Gasteiger charge is 2.23. The summed E-state index contributed by atoms with van der Waals surface area (Å²) in [7, 11) is 1.62. The molecule has 0 radical (unpaired) electrons. The predicted molar refractivity (Wildman–Crippen MR) is 120 cm³/mol. The van der Waals surface area contributed by atoms with Gasteiger partial charge in [-0.15, -0.1) is 10.2 Å². The largest absolute Gasteiger partial charge is 0.496 e. The van der Waals surface area contributed by atoms with Gasteiger partial charge in [0.15, 0.2) is 11.0 Å². The number of rotatable bonds is 8. The molecule has 0 aliphatic rings. The minimum absolute atomic E-state index is 0.109. The Morgan fingerprint density at radius 3 is 2.61 bits per heavy atom. The molecule has 0 bridgehead atoms. The average Bonchev–Trinajstić information content (AvgIpc) is 3.45. The molecule has 2 aromatic carbocycles. The van der Waals surface area contributed by atoms with E-state index in [1.807, 2.05) is 78.2 Å². The Labute approximate surface area is 184 Å². The number of benzene rings is 2. The topological polar surface area (TPSA) is 82.2 Å². The minimum atomic E-state index is -0.384. The van der Waals surface area contributed by atoms with Gasteiger partial charge in [-0.25, -0.2) is 0 Å². The highest BCUT2D eigenvalue weighted by molar-refractivity contribution is 8.00. The van der Waals surface area contributed by atoms with Crippen LogP contribution in [-0.2, 0) is 11.3 Å². The first-order valence-electron chi connectivity index (χ1n) is 9.77. The van der Waals surface area contributed by atoms with Crippen LogP contribution in [0.1, 0.15) is 12.7 Å². The van der Waals surface area contributed by atoms with Crippen LogP contribution in [-0.4, -0.2) is 33.0 Å². The molecule has 0 aliphatic carbocycles. The third-order valence-corrected chi connectivity index (χ3v) is 5.73. The van der Waals surface area contributed by atoms with Gasteiger partial charge >= 0.3 is 0 Å². The molecule has 1 amide bonds. The van der Waals surface area contributed by atoms with E-state index in [9.17, 15) is 4.79 Å². The van der Waals surface area contributed by atoms with Crippen LogP contribution in [0.2, 0.25) is 0 Å². The fourth-order valence-electron chi connectivity index (χ4n) is 3.08. The van der Waals surface area contributed by atoms with Crippen LogP contribution in [0, 0.1) is 0 Å². The number of carbonyl (C=O) groups is 1. The number of carbonyl (C=O) groups excluding carboxylic acids is 1. The van der Waals surface area contributed by atoms with Crippen molar-refractivity contribution in [3.63, 3.8) is 0 Å². The molecule has 1 atom stereocenters. The van der Waals surface area contributed by atoms with Crippen LogP contribution < -0.4 is 10.1 Å². The first-order valence-corrected chi connectivity index (χ1v) is 10.6. The van der Waals surface area contributed by atoms with E-state index in [4.69, 9.17) is 9.15 Å². The molecule has 7 nitrogen and oxygen atoms in total. The molecule has 0 spiro atoms. The molecule has 0 saturated carbocycles. The van der Waals surface area contributed by atoms with E-state index in [0.29, 0.717) is 23.3 Å². The number of thioether (sulfide) groups is 1. The number of nitrogens with zero attached hydrogens (tertiary/aromatic N) is 3. The molecule has 158 valence electrons. The Kier molecular flexibility index (Phi) is 6.37. The Morgan fingerprint density at radius 2 is 1.87 bits per heavy atom. The third-order valence-electron chi connectivity index (χ3n) is 4.65. The molecule has 1 N–H and O–H groups in total. The van der Waals surface area contributed by atoms with Gasteiger partial charge in [0, 0.05) is 5.69 Å². The van der Waals surface area contributed by atoms with Gasteiger partial charge in [0.1, 0.15) is 11.5 Å². The molecule has 2 aromatic heterocycles. The Hall–Kier alpha value is -3.52. The Balaban J connectivity index is 1.62. The maximum Gasteiger partial charge on any atom is 0.237 e. The Morgan fingerprint density at radius 1 is 1.10 bits per heavy atom. The van der Waals surface area contributed by atoms with Gasteiger partial charge in [-0.1, -0.05) is 42.1 Å². The van der Waals surface area contributed by atoms with Crippen molar-refractivity contribution in [1.82, 2.24) is 14.8 Å². The van der Waals surface area contributed by atoms with Crippen LogP contribution in [0.3, 0.4) is 0 Å². The number of nitrogens with one attached hydrogen (secondary N) is 1. The van der Waals surface area contributed by atoms with Crippen LogP contribution in [0.25, 0.3) is 11.4 Å². The lowest BCUT2D eigenvalue weighted by atomic mass is 10.2. The summed E-state index contributed by atoms with van der Waals surface area (Å²) in [4.78, 5) is 12.7. The molecule has 0 saturated heterocycles. The minimum Gasteiger partial charge on any atom is -0.496 e. The zero-order valence-electron chi connectivity index (χ0n) is 17.2. The molecular weight excluding hydrogens is 412 g/mol. The summed E-state index contributed by atoms with van der Waals surface area (Å²) in [5.74, 6) is 2.00. The smallest absolute Gasteiger partial charge is 0.237 e. The highest BCUT2D eigenvalue weighted by atomic mass is 32.2. The van der Waals surface area contributed by atoms with Crippen molar-refractivity contribution in [3.8, 4) is 17.1 Å². The van der Waals surface area contributed by atoms with Crippen molar-refractivity contribution >= 4 is 23.4 Å². The maximum atomic E-state index is 12.7. The number of ether oxygens (including phenoxy) is 1. The summed E-state index contributed by atoms with van der Waals surface area (Å²) in [5.41, 5.74) is 1.57. The lowest BCUT2D eigenvalue weighted by Crippen LogP contribution is -2.23. The molecule has 0 unspecified atom stereocenters. The lowest BCUT2D eigenvalue weighted by molar-refractivity contribution is -0.115. The summed E-state index contributed by atoms with van der Waals surface area (Å²) in [6.07, 6.45) is 1.63. The van der Waals surface area contributed by atoms with E-state index in [0.717, 1.165) is 17.0 Å². The summed E-state index contributed by atoms with van der Waals surface area (Å²) >= 11 is 1.34. The number of aromatic nitrogens is 3. The molecule has 8 heteroatoms. The molecule has 4 rings (SSSR count). The number of hydrogen-bond acceptors (Lipinski definition) is 6. The van der Waals surface area contributed by atoms with Crippen molar-refractivity contribution in [1.29, 1.82) is 0 Å². The average molecular weight is 435 g/mol. The number of hydrogen-bond donors (Lipinski definition) is 1. The van der Waals surface area contributed by atoms with Crippen molar-refractivity contribution in [3.05, 3.63) is 78.8 Å². The molecule has 4 aromatic rings. The predicted octanol–water partition coefficient (Wildman–Crippen LogP) is 4.71. The molecule has 0 aliphatic heterocycles. The first kappa shape index (κ1) is 20.7. The van der Waals surface area contributed by atoms with Gasteiger partial charge in [-0.2, -0.15) is 0 Å². The van der Waals surface area contributed by atoms with E-state index in [2.05, 4.69) is 15.5 Å². The van der Waals surface area contributed by atoms with E-state index in [1.165, 1.54) is 11.8 Å². The van der Waals surface area contributed by atoms with Gasteiger partial charge in [0.25, 0.3) is 0 Å². The van der Waals surface area contributed by atoms with Gasteiger partial charge in [0.05, 0.1) is 30.7 Å². The van der Waals surface area contributed by atoms with E-state index >= 15 is 0 Å². The summed E-state index contributed by atoms with van der Waals surface area (Å²) in [5, 5.41) is 11.9. The van der Waals surface area contributed by atoms with Crippen LogP contribution >= 0.6 is 11.8 Å². The highest BCUT2D eigenvalue weighted by Crippen LogP contribution is 2.32. The van der Waals surface area contributed by atoms with Gasteiger partial charge in [0.2, 0.25) is 5.91 Å². The second kappa shape index (κ2) is 9.53. The quantitative estimate of drug-likeness (QED) is 0.404. The maximum absolute atomic E-state index is 12.7. The van der Waals surface area contributed by atoms with Crippen molar-refractivity contribution in [2.45, 2.75) is 23.9 Å². The molecular formula is C23H22N4O3S. The van der Waals surface area contributed by atoms with Crippen LogP contribution in [0.4, 0.5) is 5.69 Å². The standard InChI is InChI=1S/C23H22N4O3S/c1-16(22(28)24-17-9-4-3-5-10-17)31-23-26-25-21(19-12-6-7-13-20(19)29-2)27(23)15-18-11-8-14-30-18/h3-14,16H,15H2,1-2H3,(H,24,28)/t16-/m0/s1. The lowest BCUT2D eigenvalue weighted by Gasteiger charge is -2.14. The SMILES string of the molecule is COc1ccccc1-c1nnc(S[C@@H](C)C(=O)Nc2ccccc2)n1Cc1ccco1. The summed E-state index contributed by atoms with van der Waals surface area (Å²) in [6.45, 7) is 2.28. The van der Waals surface area contributed by atoms with Crippen LogP contribution in [0.5, 0.6) is 5.75 Å². The van der Waals surface area contributed by atoms with Crippen LogP contribution in [0.15, 0.2) is 82.6 Å². The first-order chi connectivity index (χ1) is 15.2. The Bertz CT molecular complexity index is 1140. The number of para-hydroxylation sites is 2. The summed E-state index contributed by atoms with van der Waals surface area (Å²) < 4.78 is 13.0. The number of furan rings is 1. The number of methoxy groups -OCH3 is 1. The zero-order valence-corrected chi connectivity index (χ0v) is 18.0. The number of anilines is 1. The van der Waals surface area contributed by atoms with Gasteiger partial charge in [-0.05, 0) is 43.3 Å². The normalized spacial score (nSPS) is 11.8. The van der Waals surface area contributed by atoms with Crippen molar-refractivity contribution in [2.75, 3.05) is 12.4 Å². The molecule has 2 heterocycles. The van der Waals surface area contributed by atoms with Crippen molar-refractivity contribution in [2.24, 2.45) is 0 Å². The zero-order chi connectivity index (χ0) is 21.6. The fourth-order valence-corrected chi connectivity index (χ4v) is 3.93. The second-order valence-electron chi connectivity index (χ2n) is 6.79. The molecule has 31 heavy (non-hydrogen) atoms. The summed E-state index contributed by atoms with van der Waals surface area (Å²) in [6, 6.07) is 20.8. The fraction of sp³-hybridized carbons (Fsp3) is 0.174. The van der Waals surface area contributed by atoms with Crippen molar-refractivity contribution < 1.29 is 13.9 Å². The van der Waals surface area contributed by atoms with E-state index < -0.39 is 0 Å². The second-order valence-corrected chi connectivity index (χ2v) is 8.10. The number of amides is 1. The van der Waals surface area contributed by atoms with E-state index in [1.54, 1.807) is 13.4 Å². The monoisotopic (exact) mass is 434 g/mol. The molecule has 0 fully saturated rings. The third kappa shape index (κ3) is 4.80. The van der Waals surface area contributed by atoms with E-state index in [-0.39, 0.29) is 11.2 Å². The van der Waals surface area contributed by atoms with Gasteiger partial charge < -0.3 is 14.5 Å².